The highest BCUT2D eigenvalue weighted by atomic mass is 15.0. The van der Waals surface area contributed by atoms with Gasteiger partial charge in [-0.05, 0) is 48.6 Å². The van der Waals surface area contributed by atoms with Gasteiger partial charge in [-0.1, -0.05) is 42.5 Å². The van der Waals surface area contributed by atoms with Crippen molar-refractivity contribution in [2.24, 2.45) is 5.73 Å². The highest BCUT2D eigenvalue weighted by Gasteiger charge is 2.34. The van der Waals surface area contributed by atoms with Crippen LogP contribution in [-0.4, -0.2) is 14.5 Å². The predicted octanol–water partition coefficient (Wildman–Crippen LogP) is 4.43. The van der Waals surface area contributed by atoms with Crippen molar-refractivity contribution in [3.05, 3.63) is 78.8 Å². The number of benzene rings is 2. The van der Waals surface area contributed by atoms with Gasteiger partial charge in [0.2, 0.25) is 0 Å². The van der Waals surface area contributed by atoms with Gasteiger partial charge in [0.1, 0.15) is 6.33 Å². The molecule has 0 unspecified atom stereocenters. The van der Waals surface area contributed by atoms with Crippen molar-refractivity contribution in [1.29, 1.82) is 0 Å². The second-order valence-corrected chi connectivity index (χ2v) is 7.08. The Morgan fingerprint density at radius 2 is 1.73 bits per heavy atom. The number of hydrogen-bond acceptors (Lipinski definition) is 3. The van der Waals surface area contributed by atoms with Crippen LogP contribution < -0.4 is 5.73 Å². The van der Waals surface area contributed by atoms with Crippen LogP contribution in [0.25, 0.3) is 28.0 Å². The molecule has 1 saturated carbocycles. The molecule has 0 amide bonds. The molecule has 1 aliphatic carbocycles. The van der Waals surface area contributed by atoms with E-state index in [4.69, 9.17) is 5.73 Å². The topological polar surface area (TPSA) is 56.7 Å². The van der Waals surface area contributed by atoms with Crippen molar-refractivity contribution in [1.82, 2.24) is 14.5 Å². The predicted molar refractivity (Wildman–Crippen MR) is 104 cm³/mol. The summed E-state index contributed by atoms with van der Waals surface area (Å²) in [6, 6.07) is 21.1. The number of rotatable bonds is 3. The molecular weight excluding hydrogens is 320 g/mol. The first-order valence-corrected chi connectivity index (χ1v) is 9.01. The third-order valence-corrected chi connectivity index (χ3v) is 5.49. The van der Waals surface area contributed by atoms with Gasteiger partial charge < -0.3 is 10.3 Å². The Kier molecular flexibility index (Phi) is 3.40. The molecule has 2 aromatic heterocycles. The van der Waals surface area contributed by atoms with Crippen LogP contribution in [0, 0.1) is 0 Å². The number of aromatic nitrogens is 3. The first-order chi connectivity index (χ1) is 12.7. The van der Waals surface area contributed by atoms with Crippen LogP contribution in [0.15, 0.2) is 73.2 Å². The lowest BCUT2D eigenvalue weighted by molar-refractivity contribution is 0.253. The van der Waals surface area contributed by atoms with Crippen LogP contribution in [0.1, 0.15) is 24.8 Å². The second-order valence-electron chi connectivity index (χ2n) is 7.08. The molecule has 2 heterocycles. The third-order valence-electron chi connectivity index (χ3n) is 5.49. The van der Waals surface area contributed by atoms with Gasteiger partial charge in [0.15, 0.2) is 0 Å². The van der Waals surface area contributed by atoms with E-state index in [1.54, 1.807) is 6.33 Å². The molecule has 2 aromatic carbocycles. The van der Waals surface area contributed by atoms with Gasteiger partial charge >= 0.3 is 0 Å². The highest BCUT2D eigenvalue weighted by Crippen LogP contribution is 2.39. The van der Waals surface area contributed by atoms with Gasteiger partial charge in [-0.15, -0.1) is 0 Å². The summed E-state index contributed by atoms with van der Waals surface area (Å²) < 4.78 is 2.22. The van der Waals surface area contributed by atoms with Crippen molar-refractivity contribution >= 4 is 11.0 Å². The molecular formula is C22H20N4. The van der Waals surface area contributed by atoms with Crippen LogP contribution >= 0.6 is 0 Å². The van der Waals surface area contributed by atoms with Crippen LogP contribution in [0.3, 0.4) is 0 Å². The monoisotopic (exact) mass is 340 g/mol. The molecule has 0 radical (unpaired) electrons. The molecule has 0 bridgehead atoms. The first-order valence-electron chi connectivity index (χ1n) is 9.01. The molecule has 4 nitrogen and oxygen atoms in total. The second kappa shape index (κ2) is 5.78. The lowest BCUT2D eigenvalue weighted by Crippen LogP contribution is -2.43. The van der Waals surface area contributed by atoms with E-state index in [9.17, 15) is 0 Å². The number of fused-ring (bicyclic) bond motifs is 1. The van der Waals surface area contributed by atoms with E-state index in [1.165, 1.54) is 12.0 Å². The Morgan fingerprint density at radius 3 is 2.42 bits per heavy atom. The number of nitrogens with two attached hydrogens (primary N) is 1. The lowest BCUT2D eigenvalue weighted by atomic mass is 9.73. The average Bonchev–Trinajstić information content (AvgIpc) is 3.06. The normalized spacial score (nSPS) is 15.7. The Bertz CT molecular complexity index is 1060. The average molecular weight is 340 g/mol. The summed E-state index contributed by atoms with van der Waals surface area (Å²) in [5, 5.41) is 0. The zero-order chi connectivity index (χ0) is 17.6. The molecule has 0 spiro atoms. The van der Waals surface area contributed by atoms with E-state index in [1.807, 2.05) is 12.3 Å². The molecule has 26 heavy (non-hydrogen) atoms. The molecule has 128 valence electrons. The number of nitrogens with zero attached hydrogens (tertiary/aromatic N) is 3. The Hall–Kier alpha value is -2.98. The lowest BCUT2D eigenvalue weighted by Gasteiger charge is -2.38. The minimum atomic E-state index is -0.136. The van der Waals surface area contributed by atoms with Gasteiger partial charge in [0, 0.05) is 11.2 Å². The maximum Gasteiger partial charge on any atom is 0.116 e. The van der Waals surface area contributed by atoms with E-state index in [0.29, 0.717) is 0 Å². The van der Waals surface area contributed by atoms with Gasteiger partial charge in [-0.3, -0.25) is 0 Å². The summed E-state index contributed by atoms with van der Waals surface area (Å²) in [7, 11) is 0. The van der Waals surface area contributed by atoms with Crippen molar-refractivity contribution < 1.29 is 0 Å². The summed E-state index contributed by atoms with van der Waals surface area (Å²) in [6.07, 6.45) is 6.83. The zero-order valence-electron chi connectivity index (χ0n) is 14.5. The summed E-state index contributed by atoms with van der Waals surface area (Å²) in [5.74, 6) is 0. The molecule has 4 heteroatoms. The molecule has 0 aliphatic heterocycles. The van der Waals surface area contributed by atoms with E-state index in [2.05, 4.69) is 69.1 Å². The summed E-state index contributed by atoms with van der Waals surface area (Å²) in [5.41, 5.74) is 12.9. The van der Waals surface area contributed by atoms with Gasteiger partial charge in [0.25, 0.3) is 0 Å². The molecule has 1 aliphatic rings. The van der Waals surface area contributed by atoms with Crippen LogP contribution in [0.4, 0.5) is 0 Å². The quantitative estimate of drug-likeness (QED) is 0.600. The molecule has 0 saturated heterocycles. The van der Waals surface area contributed by atoms with Gasteiger partial charge in [-0.2, -0.15) is 0 Å². The van der Waals surface area contributed by atoms with E-state index >= 15 is 0 Å². The largest absolute Gasteiger partial charge is 0.321 e. The standard InChI is InChI=1S/C22H20N4/c23-22(11-4-12-22)17-7-9-18(10-8-17)26-20(16-5-2-1-3-6-16)13-19-21(26)14-24-15-25-19/h1-3,5-10,13-15H,4,11-12,23H2. The van der Waals surface area contributed by atoms with Crippen LogP contribution in [-0.2, 0) is 5.54 Å². The van der Waals surface area contributed by atoms with Crippen molar-refractivity contribution in [3.8, 4) is 16.9 Å². The smallest absolute Gasteiger partial charge is 0.116 e. The molecule has 1 fully saturated rings. The van der Waals surface area contributed by atoms with Crippen molar-refractivity contribution in [2.45, 2.75) is 24.8 Å². The van der Waals surface area contributed by atoms with Gasteiger partial charge in [-0.25, -0.2) is 9.97 Å². The fourth-order valence-electron chi connectivity index (χ4n) is 3.83. The summed E-state index contributed by atoms with van der Waals surface area (Å²) in [4.78, 5) is 8.67. The highest BCUT2D eigenvalue weighted by molar-refractivity contribution is 5.85. The summed E-state index contributed by atoms with van der Waals surface area (Å²) in [6.45, 7) is 0. The van der Waals surface area contributed by atoms with E-state index < -0.39 is 0 Å². The number of hydrogen-bond donors (Lipinski definition) is 1. The third kappa shape index (κ3) is 2.34. The molecule has 5 rings (SSSR count). The minimum absolute atomic E-state index is 0.136. The van der Waals surface area contributed by atoms with Gasteiger partial charge in [0.05, 0.1) is 22.9 Å². The van der Waals surface area contributed by atoms with Crippen LogP contribution in [0.5, 0.6) is 0 Å². The van der Waals surface area contributed by atoms with E-state index in [-0.39, 0.29) is 5.54 Å². The fraction of sp³-hybridized carbons (Fsp3) is 0.182. The van der Waals surface area contributed by atoms with Crippen LogP contribution in [0.2, 0.25) is 0 Å². The maximum absolute atomic E-state index is 6.48. The Labute approximate surface area is 152 Å². The zero-order valence-corrected chi connectivity index (χ0v) is 14.5. The summed E-state index contributed by atoms with van der Waals surface area (Å²) >= 11 is 0. The minimum Gasteiger partial charge on any atom is -0.321 e. The van der Waals surface area contributed by atoms with E-state index in [0.717, 1.165) is 40.8 Å². The Balaban J connectivity index is 1.68. The Morgan fingerprint density at radius 1 is 0.962 bits per heavy atom. The first kappa shape index (κ1) is 15.3. The van der Waals surface area contributed by atoms with Crippen molar-refractivity contribution in [3.63, 3.8) is 0 Å². The molecule has 2 N–H and O–H groups in total. The maximum atomic E-state index is 6.48. The SMILES string of the molecule is NC1(c2ccc(-n3c(-c4ccccc4)cc4ncncc43)cc2)CCC1. The van der Waals surface area contributed by atoms with Crippen molar-refractivity contribution in [2.75, 3.05) is 0 Å². The molecule has 4 aromatic rings. The molecule has 0 atom stereocenters. The fourth-order valence-corrected chi connectivity index (χ4v) is 3.83.